The second-order valence-electron chi connectivity index (χ2n) is 11.8. The molecule has 7 heteroatoms. The zero-order valence-electron chi connectivity index (χ0n) is 21.6. The molecule has 2 N–H and O–H groups in total. The lowest BCUT2D eigenvalue weighted by atomic mass is 9.66. The van der Waals surface area contributed by atoms with Crippen molar-refractivity contribution in [2.45, 2.75) is 62.6 Å². The Hall–Kier alpha value is -3.58. The van der Waals surface area contributed by atoms with Crippen molar-refractivity contribution < 1.29 is 9.18 Å². The van der Waals surface area contributed by atoms with E-state index < -0.39 is 5.54 Å². The van der Waals surface area contributed by atoms with Crippen LogP contribution in [-0.4, -0.2) is 32.4 Å². The van der Waals surface area contributed by atoms with E-state index in [0.29, 0.717) is 11.6 Å². The molecule has 0 unspecified atom stereocenters. The first-order chi connectivity index (χ1) is 18.3. The minimum absolute atomic E-state index is 0.0467. The van der Waals surface area contributed by atoms with Crippen LogP contribution in [-0.2, 0) is 5.54 Å². The van der Waals surface area contributed by atoms with Crippen molar-refractivity contribution >= 4 is 16.9 Å². The summed E-state index contributed by atoms with van der Waals surface area (Å²) < 4.78 is 17.6. The molecule has 0 saturated heterocycles. The monoisotopic (exact) mass is 507 g/mol. The fourth-order valence-electron chi connectivity index (χ4n) is 7.11. The number of carbonyl (C=O) groups is 1. The number of rotatable bonds is 3. The Morgan fingerprint density at radius 1 is 1.08 bits per heavy atom. The topological polar surface area (TPSA) is 77.0 Å². The van der Waals surface area contributed by atoms with Crippen LogP contribution in [0.3, 0.4) is 0 Å². The normalized spacial score (nSPS) is 27.7. The molecule has 2 fully saturated rings. The summed E-state index contributed by atoms with van der Waals surface area (Å²) in [5.41, 5.74) is 13.0. The van der Waals surface area contributed by atoms with Crippen LogP contribution in [0.25, 0.3) is 22.2 Å². The van der Waals surface area contributed by atoms with Crippen molar-refractivity contribution in [3.63, 3.8) is 0 Å². The minimum Gasteiger partial charge on any atom is -0.331 e. The third-order valence-electron chi connectivity index (χ3n) is 9.77. The Morgan fingerprint density at radius 2 is 1.92 bits per heavy atom. The molecular formula is C31H30FN5O. The fraction of sp³-hybridized carbons (Fsp3) is 0.387. The summed E-state index contributed by atoms with van der Waals surface area (Å²) in [6, 6.07) is 13.8. The van der Waals surface area contributed by atoms with Crippen LogP contribution >= 0.6 is 0 Å². The van der Waals surface area contributed by atoms with E-state index in [2.05, 4.69) is 28.6 Å². The highest BCUT2D eigenvalue weighted by Gasteiger charge is 2.46. The number of pyridine rings is 1. The molecule has 2 aliphatic carbocycles. The van der Waals surface area contributed by atoms with Crippen LogP contribution in [0.15, 0.2) is 48.7 Å². The van der Waals surface area contributed by atoms with Crippen LogP contribution in [0.4, 0.5) is 4.39 Å². The van der Waals surface area contributed by atoms with Gasteiger partial charge in [0, 0.05) is 30.8 Å². The molecule has 1 amide bonds. The van der Waals surface area contributed by atoms with Gasteiger partial charge in [-0.25, -0.2) is 9.37 Å². The van der Waals surface area contributed by atoms with Crippen molar-refractivity contribution in [2.75, 3.05) is 7.05 Å². The number of benzene rings is 2. The van der Waals surface area contributed by atoms with Gasteiger partial charge in [-0.05, 0) is 78.5 Å². The molecule has 2 saturated carbocycles. The van der Waals surface area contributed by atoms with Crippen LogP contribution in [0.1, 0.15) is 90.0 Å². The molecule has 192 valence electrons. The summed E-state index contributed by atoms with van der Waals surface area (Å²) in [4.78, 5) is 24.9. The third-order valence-corrected chi connectivity index (χ3v) is 9.77. The largest absolute Gasteiger partial charge is 0.331 e. The second-order valence-corrected chi connectivity index (χ2v) is 11.8. The average Bonchev–Trinajstić information content (AvgIpc) is 3.64. The zero-order valence-corrected chi connectivity index (χ0v) is 21.6. The number of carbonyl (C=O) groups excluding carboxylic acids is 1. The summed E-state index contributed by atoms with van der Waals surface area (Å²) in [5, 5.41) is 0. The quantitative estimate of drug-likeness (QED) is 0.379. The van der Waals surface area contributed by atoms with Crippen LogP contribution in [0.2, 0.25) is 0 Å². The van der Waals surface area contributed by atoms with Gasteiger partial charge in [-0.1, -0.05) is 25.1 Å². The molecule has 2 aliphatic heterocycles. The van der Waals surface area contributed by atoms with E-state index in [4.69, 9.17) is 10.7 Å². The average molecular weight is 508 g/mol. The minimum atomic E-state index is -0.676. The molecule has 0 spiro atoms. The second kappa shape index (κ2) is 7.50. The van der Waals surface area contributed by atoms with E-state index in [9.17, 15) is 4.79 Å². The third kappa shape index (κ3) is 2.88. The molecule has 4 atom stereocenters. The first kappa shape index (κ1) is 22.4. The highest BCUT2D eigenvalue weighted by atomic mass is 19.1. The standard InChI is InChI=1S/C31H30FN5O/c1-16-10-11-31(16,33)28-22(32)12-19(15-34-28)18-8-9-23-24(13-18)37-25-14-26(29(37)35-23)36(2)30(38)21-5-3-4-20(27(21)25)17-6-7-17/h3-5,8-9,12-13,15-17,25-26H,6-7,10-11,14,33H2,1-2H3/t16-,25-,26-,31+/m1/s1. The Morgan fingerprint density at radius 3 is 2.63 bits per heavy atom. The summed E-state index contributed by atoms with van der Waals surface area (Å²) in [5.74, 6) is 1.42. The zero-order chi connectivity index (χ0) is 25.9. The van der Waals surface area contributed by atoms with E-state index in [1.165, 1.54) is 18.4 Å². The van der Waals surface area contributed by atoms with Gasteiger partial charge in [0.1, 0.15) is 11.6 Å². The van der Waals surface area contributed by atoms with Gasteiger partial charge in [-0.15, -0.1) is 0 Å². The highest BCUT2D eigenvalue weighted by molar-refractivity contribution is 5.97. The van der Waals surface area contributed by atoms with E-state index in [1.807, 2.05) is 36.2 Å². The Labute approximate surface area is 220 Å². The Kier molecular flexibility index (Phi) is 4.42. The maximum atomic E-state index is 15.3. The van der Waals surface area contributed by atoms with Crippen molar-refractivity contribution in [1.82, 2.24) is 19.4 Å². The van der Waals surface area contributed by atoms with E-state index in [0.717, 1.165) is 58.4 Å². The maximum Gasteiger partial charge on any atom is 0.254 e. The molecule has 4 aromatic rings. The summed E-state index contributed by atoms with van der Waals surface area (Å²) in [7, 11) is 1.90. The van der Waals surface area contributed by atoms with Gasteiger partial charge in [-0.2, -0.15) is 0 Å². The van der Waals surface area contributed by atoms with Crippen molar-refractivity contribution in [2.24, 2.45) is 11.7 Å². The lowest BCUT2D eigenvalue weighted by Crippen LogP contribution is -2.51. The molecule has 6 nitrogen and oxygen atoms in total. The molecule has 0 radical (unpaired) electrons. The number of aromatic nitrogens is 3. The maximum absolute atomic E-state index is 15.3. The predicted molar refractivity (Wildman–Crippen MR) is 143 cm³/mol. The first-order valence-electron chi connectivity index (χ1n) is 13.7. The SMILES string of the molecule is C[C@@H]1CC[C@@]1(N)c1ncc(-c2ccc3nc4n(c3c2)[C@@H]2C[C@H]4N(C)C(=O)c3cccc(C4CC4)c32)cc1F. The molecule has 2 aromatic heterocycles. The van der Waals surface area contributed by atoms with Gasteiger partial charge in [-0.3, -0.25) is 9.78 Å². The number of hydrogen-bond donors (Lipinski definition) is 1. The van der Waals surface area contributed by atoms with Gasteiger partial charge in [0.05, 0.1) is 34.3 Å². The first-order valence-corrected chi connectivity index (χ1v) is 13.7. The van der Waals surface area contributed by atoms with Gasteiger partial charge >= 0.3 is 0 Å². The predicted octanol–water partition coefficient (Wildman–Crippen LogP) is 5.82. The highest BCUT2D eigenvalue weighted by Crippen LogP contribution is 2.52. The van der Waals surface area contributed by atoms with E-state index >= 15 is 4.39 Å². The van der Waals surface area contributed by atoms with Gasteiger partial charge < -0.3 is 15.2 Å². The van der Waals surface area contributed by atoms with Crippen molar-refractivity contribution in [3.05, 3.63) is 82.7 Å². The Balaban J connectivity index is 1.28. The molecule has 4 heterocycles. The molecule has 8 rings (SSSR count). The van der Waals surface area contributed by atoms with Gasteiger partial charge in [0.25, 0.3) is 5.91 Å². The summed E-state index contributed by atoms with van der Waals surface area (Å²) in [6.07, 6.45) is 6.68. The number of fused-ring (bicyclic) bond motifs is 9. The van der Waals surface area contributed by atoms with Gasteiger partial charge in [0.15, 0.2) is 0 Å². The molecular weight excluding hydrogens is 477 g/mol. The lowest BCUT2D eigenvalue weighted by molar-refractivity contribution is 0.0734. The fourth-order valence-corrected chi connectivity index (χ4v) is 7.11. The van der Waals surface area contributed by atoms with Crippen LogP contribution in [0.5, 0.6) is 0 Å². The number of nitrogens with two attached hydrogens (primary N) is 1. The van der Waals surface area contributed by atoms with Crippen LogP contribution < -0.4 is 5.73 Å². The number of nitrogens with zero attached hydrogens (tertiary/aromatic N) is 4. The van der Waals surface area contributed by atoms with Gasteiger partial charge in [0.2, 0.25) is 0 Å². The number of imidazole rings is 1. The molecule has 2 bridgehead atoms. The molecule has 4 aliphatic rings. The van der Waals surface area contributed by atoms with E-state index in [-0.39, 0.29) is 29.7 Å². The van der Waals surface area contributed by atoms with Crippen molar-refractivity contribution in [3.8, 4) is 11.1 Å². The molecule has 38 heavy (non-hydrogen) atoms. The lowest BCUT2D eigenvalue weighted by Gasteiger charge is -2.44. The van der Waals surface area contributed by atoms with Crippen molar-refractivity contribution in [1.29, 1.82) is 0 Å². The Bertz CT molecular complexity index is 1670. The smallest absolute Gasteiger partial charge is 0.254 e. The van der Waals surface area contributed by atoms with E-state index in [1.54, 1.807) is 12.3 Å². The molecule has 2 aromatic carbocycles. The number of halogens is 1. The van der Waals surface area contributed by atoms with Crippen LogP contribution in [0, 0.1) is 11.7 Å². The number of amides is 1. The summed E-state index contributed by atoms with van der Waals surface area (Å²) in [6.45, 7) is 2.06. The summed E-state index contributed by atoms with van der Waals surface area (Å²) >= 11 is 0. The number of hydrogen-bond acceptors (Lipinski definition) is 4.